The van der Waals surface area contributed by atoms with Gasteiger partial charge in [-0.25, -0.2) is 0 Å². The van der Waals surface area contributed by atoms with Crippen molar-refractivity contribution in [2.45, 2.75) is 38.8 Å². The van der Waals surface area contributed by atoms with Crippen molar-refractivity contribution in [3.63, 3.8) is 0 Å². The summed E-state index contributed by atoms with van der Waals surface area (Å²) in [6.45, 7) is 4.96. The zero-order valence-corrected chi connectivity index (χ0v) is 12.3. The van der Waals surface area contributed by atoms with Crippen LogP contribution in [-0.2, 0) is 18.2 Å². The van der Waals surface area contributed by atoms with Gasteiger partial charge in [-0.05, 0) is 27.3 Å². The lowest BCUT2D eigenvalue weighted by molar-refractivity contribution is 0.0961. The largest absolute Gasteiger partial charge is 0.378 e. The number of hydrogen-bond donors (Lipinski definition) is 1. The number of hydrogen-bond acceptors (Lipinski definition) is 3. The molecule has 3 unspecified atom stereocenters. The molecule has 1 aromatic heterocycles. The van der Waals surface area contributed by atoms with Crippen LogP contribution in [-0.4, -0.2) is 35.6 Å². The van der Waals surface area contributed by atoms with Gasteiger partial charge in [0.1, 0.15) is 0 Å². The second-order valence-electron chi connectivity index (χ2n) is 5.10. The third kappa shape index (κ3) is 2.56. The molecule has 4 nitrogen and oxygen atoms in total. The molecule has 1 aliphatic heterocycles. The highest BCUT2D eigenvalue weighted by atomic mass is 35.5. The van der Waals surface area contributed by atoms with Gasteiger partial charge < -0.3 is 10.1 Å². The normalized spacial score (nSPS) is 25.6. The van der Waals surface area contributed by atoms with E-state index in [9.17, 15) is 0 Å². The van der Waals surface area contributed by atoms with E-state index in [1.54, 1.807) is 0 Å². The summed E-state index contributed by atoms with van der Waals surface area (Å²) in [5, 5.41) is 8.57. The molecule has 1 N–H and O–H groups in total. The van der Waals surface area contributed by atoms with Crippen LogP contribution in [0.25, 0.3) is 0 Å². The fourth-order valence-corrected chi connectivity index (χ4v) is 3.09. The highest BCUT2D eigenvalue weighted by Crippen LogP contribution is 2.28. The molecule has 0 aromatic carbocycles. The molecule has 1 aliphatic rings. The summed E-state index contributed by atoms with van der Waals surface area (Å²) in [5.74, 6) is 0.543. The fourth-order valence-electron chi connectivity index (χ4n) is 2.85. The average molecular weight is 272 g/mol. The predicted molar refractivity (Wildman–Crippen MR) is 73.0 cm³/mol. The van der Waals surface area contributed by atoms with Crippen molar-refractivity contribution in [2.24, 2.45) is 13.0 Å². The smallest absolute Gasteiger partial charge is 0.0847 e. The van der Waals surface area contributed by atoms with E-state index in [1.165, 1.54) is 0 Å². The van der Waals surface area contributed by atoms with Gasteiger partial charge >= 0.3 is 0 Å². The Kier molecular flexibility index (Phi) is 4.30. The van der Waals surface area contributed by atoms with E-state index < -0.39 is 0 Å². The molecule has 102 valence electrons. The lowest BCUT2D eigenvalue weighted by atomic mass is 9.90. The van der Waals surface area contributed by atoms with Gasteiger partial charge in [-0.3, -0.25) is 4.68 Å². The van der Waals surface area contributed by atoms with Crippen molar-refractivity contribution in [2.75, 3.05) is 13.7 Å². The Morgan fingerprint density at radius 3 is 2.78 bits per heavy atom. The van der Waals surface area contributed by atoms with Gasteiger partial charge in [-0.2, -0.15) is 5.10 Å². The highest BCUT2D eigenvalue weighted by Gasteiger charge is 2.32. The minimum Gasteiger partial charge on any atom is -0.378 e. The molecule has 18 heavy (non-hydrogen) atoms. The first kappa shape index (κ1) is 13.8. The Hall–Kier alpha value is -0.580. The van der Waals surface area contributed by atoms with E-state index >= 15 is 0 Å². The first-order valence-electron chi connectivity index (χ1n) is 6.51. The Morgan fingerprint density at radius 2 is 2.33 bits per heavy atom. The Bertz CT molecular complexity index is 419. The molecule has 0 amide bonds. The maximum atomic E-state index is 6.32. The molecule has 1 saturated heterocycles. The van der Waals surface area contributed by atoms with Crippen molar-refractivity contribution < 1.29 is 4.74 Å². The van der Waals surface area contributed by atoms with Crippen LogP contribution in [0.15, 0.2) is 0 Å². The summed E-state index contributed by atoms with van der Waals surface area (Å²) in [6, 6.07) is 0.384. The van der Waals surface area contributed by atoms with Gasteiger partial charge in [-0.1, -0.05) is 11.6 Å². The van der Waals surface area contributed by atoms with Crippen LogP contribution in [0, 0.1) is 12.8 Å². The maximum absolute atomic E-state index is 6.32. The van der Waals surface area contributed by atoms with Crippen LogP contribution in [0.2, 0.25) is 5.02 Å². The Labute approximate surface area is 114 Å². The van der Waals surface area contributed by atoms with E-state index in [2.05, 4.69) is 17.3 Å². The van der Waals surface area contributed by atoms with Crippen molar-refractivity contribution in [3.05, 3.63) is 16.4 Å². The third-order valence-corrected chi connectivity index (χ3v) is 4.49. The first-order valence-corrected chi connectivity index (χ1v) is 6.89. The molecular weight excluding hydrogens is 250 g/mol. The third-order valence-electron chi connectivity index (χ3n) is 4.00. The second kappa shape index (κ2) is 5.59. The predicted octanol–water partition coefficient (Wildman–Crippen LogP) is 1.94. The van der Waals surface area contributed by atoms with E-state index in [0.29, 0.717) is 18.1 Å². The highest BCUT2D eigenvalue weighted by molar-refractivity contribution is 6.31. The number of rotatable bonds is 4. The minimum absolute atomic E-state index is 0.315. The lowest BCUT2D eigenvalue weighted by Gasteiger charge is -2.25. The molecule has 0 aliphatic carbocycles. The number of aromatic nitrogens is 2. The van der Waals surface area contributed by atoms with Crippen LogP contribution < -0.4 is 5.32 Å². The summed E-state index contributed by atoms with van der Waals surface area (Å²) in [7, 11) is 3.96. The Morgan fingerprint density at radius 1 is 1.61 bits per heavy atom. The molecule has 0 saturated carbocycles. The molecule has 0 radical (unpaired) electrons. The zero-order chi connectivity index (χ0) is 13.3. The van der Waals surface area contributed by atoms with Crippen LogP contribution in [0.5, 0.6) is 0 Å². The number of likely N-dealkylation sites (N-methyl/N-ethyl adjacent to an activating group) is 1. The number of aryl methyl sites for hydroxylation is 2. The van der Waals surface area contributed by atoms with Crippen molar-refractivity contribution in [3.8, 4) is 0 Å². The number of nitrogens with zero attached hydrogens (tertiary/aromatic N) is 2. The van der Waals surface area contributed by atoms with E-state index in [0.717, 1.165) is 35.9 Å². The quantitative estimate of drug-likeness (QED) is 0.910. The molecular formula is C13H22ClN3O. The fraction of sp³-hybridized carbons (Fsp3) is 0.769. The van der Waals surface area contributed by atoms with Crippen molar-refractivity contribution >= 4 is 11.6 Å². The zero-order valence-electron chi connectivity index (χ0n) is 11.5. The average Bonchev–Trinajstić information content (AvgIpc) is 2.84. The number of halogens is 1. The summed E-state index contributed by atoms with van der Waals surface area (Å²) in [6.07, 6.45) is 2.32. The van der Waals surface area contributed by atoms with Gasteiger partial charge in [0, 0.05) is 32.0 Å². The van der Waals surface area contributed by atoms with E-state index in [1.807, 2.05) is 25.7 Å². The number of ether oxygens (including phenoxy) is 1. The molecule has 2 rings (SSSR count). The number of nitrogens with one attached hydrogen (secondary N) is 1. The topological polar surface area (TPSA) is 39.1 Å². The van der Waals surface area contributed by atoms with Gasteiger partial charge in [0.25, 0.3) is 0 Å². The molecule has 2 heterocycles. The second-order valence-corrected chi connectivity index (χ2v) is 5.48. The SMILES string of the molecule is CNC(Cc1c(Cl)c(C)nn1C)C1CCOC1C. The minimum atomic E-state index is 0.315. The van der Waals surface area contributed by atoms with E-state index in [-0.39, 0.29) is 0 Å². The molecule has 0 spiro atoms. The maximum Gasteiger partial charge on any atom is 0.0847 e. The molecule has 1 aromatic rings. The van der Waals surface area contributed by atoms with Crippen LogP contribution in [0.4, 0.5) is 0 Å². The van der Waals surface area contributed by atoms with Gasteiger partial charge in [0.15, 0.2) is 0 Å². The van der Waals surface area contributed by atoms with Crippen LogP contribution >= 0.6 is 11.6 Å². The van der Waals surface area contributed by atoms with Gasteiger partial charge in [0.2, 0.25) is 0 Å². The lowest BCUT2D eigenvalue weighted by Crippen LogP contribution is -2.39. The summed E-state index contributed by atoms with van der Waals surface area (Å²) >= 11 is 6.32. The summed E-state index contributed by atoms with van der Waals surface area (Å²) in [5.41, 5.74) is 2.01. The molecule has 5 heteroatoms. The summed E-state index contributed by atoms with van der Waals surface area (Å²) < 4.78 is 7.55. The molecule has 0 bridgehead atoms. The van der Waals surface area contributed by atoms with Crippen LogP contribution in [0.3, 0.4) is 0 Å². The van der Waals surface area contributed by atoms with Gasteiger partial charge in [0.05, 0.1) is 22.5 Å². The van der Waals surface area contributed by atoms with Gasteiger partial charge in [-0.15, -0.1) is 0 Å². The molecule has 3 atom stereocenters. The van der Waals surface area contributed by atoms with Crippen molar-refractivity contribution in [1.82, 2.24) is 15.1 Å². The van der Waals surface area contributed by atoms with E-state index in [4.69, 9.17) is 16.3 Å². The molecule has 1 fully saturated rings. The first-order chi connectivity index (χ1) is 8.54. The Balaban J connectivity index is 2.15. The summed E-state index contributed by atoms with van der Waals surface area (Å²) in [4.78, 5) is 0. The van der Waals surface area contributed by atoms with Crippen LogP contribution in [0.1, 0.15) is 24.7 Å². The monoisotopic (exact) mass is 271 g/mol. The van der Waals surface area contributed by atoms with Crippen molar-refractivity contribution in [1.29, 1.82) is 0 Å². The standard InChI is InChI=1S/C13H22ClN3O/c1-8-13(14)12(17(4)16-8)7-11(15-3)10-5-6-18-9(10)2/h9-11,15H,5-7H2,1-4H3.